The van der Waals surface area contributed by atoms with Crippen LogP contribution in [0.3, 0.4) is 0 Å². The zero-order valence-electron chi connectivity index (χ0n) is 25.4. The number of ether oxygens (including phenoxy) is 1. The van der Waals surface area contributed by atoms with Crippen LogP contribution in [-0.2, 0) is 35.3 Å². The van der Waals surface area contributed by atoms with E-state index >= 15 is 0 Å². The predicted molar refractivity (Wildman–Crippen MR) is 162 cm³/mol. The molecule has 0 bridgehead atoms. The third-order valence-electron chi connectivity index (χ3n) is 6.76. The van der Waals surface area contributed by atoms with Crippen LogP contribution in [0.5, 0.6) is 0 Å². The van der Waals surface area contributed by atoms with Gasteiger partial charge in [0.1, 0.15) is 0 Å². The molecule has 0 spiro atoms. The molecule has 238 valence electrons. The highest BCUT2D eigenvalue weighted by molar-refractivity contribution is 5.97. The molecule has 0 radical (unpaired) electrons. The number of hydrogen-bond donors (Lipinski definition) is 5. The number of nitrogens with two attached hydrogens (primary N) is 1. The molecule has 0 saturated heterocycles. The maximum absolute atomic E-state index is 13.3. The van der Waals surface area contributed by atoms with Crippen molar-refractivity contribution in [3.63, 3.8) is 0 Å². The topological polar surface area (TPSA) is 194 Å². The summed E-state index contributed by atoms with van der Waals surface area (Å²) in [5.74, 6) is -2.55. The second-order valence-electron chi connectivity index (χ2n) is 10.7. The highest BCUT2D eigenvalue weighted by atomic mass is 16.5. The third kappa shape index (κ3) is 16.2. The van der Waals surface area contributed by atoms with Gasteiger partial charge in [-0.3, -0.25) is 19.2 Å². The lowest BCUT2D eigenvalue weighted by Gasteiger charge is -2.24. The molecule has 4 amide bonds. The Balaban J connectivity index is 2.66. The molecule has 0 aliphatic heterocycles. The number of urea groups is 1. The first-order valence-electron chi connectivity index (χ1n) is 14.6. The van der Waals surface area contributed by atoms with E-state index in [1.165, 1.54) is 13.2 Å². The summed E-state index contributed by atoms with van der Waals surface area (Å²) in [5, 5.41) is 17.3. The molecule has 0 aliphatic rings. The maximum atomic E-state index is 13.3. The molecule has 0 fully saturated rings. The van der Waals surface area contributed by atoms with Crippen LogP contribution in [0.25, 0.3) is 0 Å². The van der Waals surface area contributed by atoms with E-state index in [0.29, 0.717) is 43.4 Å². The summed E-state index contributed by atoms with van der Waals surface area (Å²) in [6.45, 7) is 3.77. The first-order chi connectivity index (χ1) is 20.5. The molecule has 2 atom stereocenters. The number of esters is 1. The zero-order chi connectivity index (χ0) is 32.2. The van der Waals surface area contributed by atoms with Gasteiger partial charge in [0.15, 0.2) is 11.6 Å². The fourth-order valence-electron chi connectivity index (χ4n) is 4.31. The Morgan fingerprint density at radius 3 is 2.16 bits per heavy atom. The number of anilines is 1. The molecule has 0 aliphatic carbocycles. The molecule has 43 heavy (non-hydrogen) atoms. The molecule has 1 aromatic carbocycles. The Morgan fingerprint density at radius 1 is 0.930 bits per heavy atom. The largest absolute Gasteiger partial charge is 0.466 e. The Bertz CT molecular complexity index is 1100. The first kappa shape index (κ1) is 37.0. The van der Waals surface area contributed by atoms with E-state index in [9.17, 15) is 33.9 Å². The second kappa shape index (κ2) is 20.8. The van der Waals surface area contributed by atoms with Gasteiger partial charge in [-0.05, 0) is 55.4 Å². The van der Waals surface area contributed by atoms with E-state index in [4.69, 9.17) is 5.73 Å². The molecule has 12 nitrogen and oxygen atoms in total. The fourth-order valence-corrected chi connectivity index (χ4v) is 4.31. The number of aliphatic hydroxyl groups is 1. The van der Waals surface area contributed by atoms with E-state index in [-0.39, 0.29) is 55.3 Å². The van der Waals surface area contributed by atoms with Crippen LogP contribution in [0, 0.1) is 11.8 Å². The number of allylic oxidation sites excluding steroid dienone is 1. The number of methoxy groups -OCH3 is 1. The molecule has 1 aromatic rings. The van der Waals surface area contributed by atoms with E-state index in [1.54, 1.807) is 24.3 Å². The van der Waals surface area contributed by atoms with Crippen LogP contribution in [0.2, 0.25) is 0 Å². The molecular formula is C31H46N4O8. The first-order valence-corrected chi connectivity index (χ1v) is 14.6. The van der Waals surface area contributed by atoms with Crippen molar-refractivity contribution in [3.8, 4) is 0 Å². The van der Waals surface area contributed by atoms with E-state index < -0.39 is 24.0 Å². The van der Waals surface area contributed by atoms with Crippen molar-refractivity contribution in [1.82, 2.24) is 10.6 Å². The van der Waals surface area contributed by atoms with Gasteiger partial charge in [0.05, 0.1) is 19.8 Å². The lowest BCUT2D eigenvalue weighted by atomic mass is 9.89. The standard InChI is InChI=1S/C31H46N4O8/c1-21(2)29(35-27(39)11-7-5-4-6-10-25(37)16-17-28(40)43-3)26(38)19-23(9-8-18-33-31(32)42)30(41)34-24-14-12-22(20-36)13-15-24/h12-17,21,23,29,36H,4-11,18-20H2,1-3H3,(H,34,41)(H,35,39)(H3,32,33,42)/b17-16-/t23-,29+/m1/s1. The molecule has 12 heteroatoms. The molecule has 6 N–H and O–H groups in total. The molecule has 0 unspecified atom stereocenters. The predicted octanol–water partition coefficient (Wildman–Crippen LogP) is 2.92. The van der Waals surface area contributed by atoms with Gasteiger partial charge >= 0.3 is 12.0 Å². The number of Topliss-reactive ketones (excluding diaryl/α,β-unsaturated/α-hetero) is 1. The highest BCUT2D eigenvalue weighted by Crippen LogP contribution is 2.19. The van der Waals surface area contributed by atoms with E-state index in [0.717, 1.165) is 18.9 Å². The average Bonchev–Trinajstić information content (AvgIpc) is 2.97. The van der Waals surface area contributed by atoms with Crippen LogP contribution in [0.1, 0.15) is 77.2 Å². The number of unbranched alkanes of at least 4 members (excludes halogenated alkanes) is 3. The molecular weight excluding hydrogens is 556 g/mol. The van der Waals surface area contributed by atoms with Crippen LogP contribution < -0.4 is 21.7 Å². The number of benzene rings is 1. The number of hydrogen-bond acceptors (Lipinski definition) is 8. The minimum atomic E-state index is -0.769. The number of ketones is 2. The number of carbonyl (C=O) groups excluding carboxylic acids is 6. The molecule has 1 rings (SSSR count). The number of rotatable bonds is 21. The Hall–Kier alpha value is -4.06. The quantitative estimate of drug-likeness (QED) is 0.0805. The van der Waals surface area contributed by atoms with Gasteiger partial charge in [0, 0.05) is 43.5 Å². The van der Waals surface area contributed by atoms with E-state index in [1.807, 2.05) is 13.8 Å². The lowest BCUT2D eigenvalue weighted by molar-refractivity contribution is -0.135. The van der Waals surface area contributed by atoms with Crippen molar-refractivity contribution in [2.75, 3.05) is 19.0 Å². The number of nitrogens with one attached hydrogen (secondary N) is 3. The Morgan fingerprint density at radius 2 is 1.58 bits per heavy atom. The summed E-state index contributed by atoms with van der Waals surface area (Å²) in [7, 11) is 1.24. The number of primary amides is 1. The normalized spacial score (nSPS) is 12.4. The summed E-state index contributed by atoms with van der Waals surface area (Å²) in [4.78, 5) is 72.9. The van der Waals surface area contributed by atoms with Crippen molar-refractivity contribution in [1.29, 1.82) is 0 Å². The van der Waals surface area contributed by atoms with Gasteiger partial charge in [-0.1, -0.05) is 38.8 Å². The summed E-state index contributed by atoms with van der Waals surface area (Å²) in [5.41, 5.74) is 6.33. The van der Waals surface area contributed by atoms with E-state index in [2.05, 4.69) is 20.7 Å². The van der Waals surface area contributed by atoms with Gasteiger partial charge in [0.2, 0.25) is 11.8 Å². The molecule has 0 saturated carbocycles. The van der Waals surface area contributed by atoms with Gasteiger partial charge in [-0.25, -0.2) is 9.59 Å². The smallest absolute Gasteiger partial charge is 0.330 e. The van der Waals surface area contributed by atoms with Crippen LogP contribution in [0.4, 0.5) is 10.5 Å². The van der Waals surface area contributed by atoms with Gasteiger partial charge in [-0.2, -0.15) is 0 Å². The van der Waals surface area contributed by atoms with Crippen molar-refractivity contribution in [3.05, 3.63) is 42.0 Å². The molecule has 0 aromatic heterocycles. The summed E-state index contributed by atoms with van der Waals surface area (Å²) in [6.07, 6.45) is 6.12. The number of carbonyl (C=O) groups is 6. The second-order valence-corrected chi connectivity index (χ2v) is 10.7. The maximum Gasteiger partial charge on any atom is 0.330 e. The van der Waals surface area contributed by atoms with Crippen LogP contribution in [0.15, 0.2) is 36.4 Å². The minimum Gasteiger partial charge on any atom is -0.466 e. The average molecular weight is 603 g/mol. The summed E-state index contributed by atoms with van der Waals surface area (Å²) < 4.78 is 4.44. The third-order valence-corrected chi connectivity index (χ3v) is 6.76. The molecule has 0 heterocycles. The lowest BCUT2D eigenvalue weighted by Crippen LogP contribution is -2.45. The summed E-state index contributed by atoms with van der Waals surface area (Å²) >= 11 is 0. The Labute approximate surface area is 253 Å². The van der Waals surface area contributed by atoms with Crippen molar-refractivity contribution < 1.29 is 38.6 Å². The van der Waals surface area contributed by atoms with Gasteiger partial charge in [-0.15, -0.1) is 0 Å². The Kier molecular flexibility index (Phi) is 17.8. The van der Waals surface area contributed by atoms with Gasteiger partial charge < -0.3 is 31.5 Å². The SMILES string of the molecule is COC(=O)/C=C\C(=O)CCCCCCC(=O)N[C@H](C(=O)C[C@@H](CCCNC(N)=O)C(=O)Nc1ccc(CO)cc1)C(C)C. The van der Waals surface area contributed by atoms with Crippen molar-refractivity contribution >= 4 is 41.1 Å². The van der Waals surface area contributed by atoms with Gasteiger partial charge in [0.25, 0.3) is 0 Å². The van der Waals surface area contributed by atoms with Crippen LogP contribution in [-0.4, -0.2) is 60.2 Å². The fraction of sp³-hybridized carbons (Fsp3) is 0.548. The van der Waals surface area contributed by atoms with Crippen molar-refractivity contribution in [2.45, 2.75) is 84.3 Å². The monoisotopic (exact) mass is 602 g/mol. The zero-order valence-corrected chi connectivity index (χ0v) is 25.4. The van der Waals surface area contributed by atoms with Crippen LogP contribution >= 0.6 is 0 Å². The van der Waals surface area contributed by atoms with Crippen molar-refractivity contribution in [2.24, 2.45) is 17.6 Å². The number of amides is 4. The summed E-state index contributed by atoms with van der Waals surface area (Å²) in [6, 6.07) is 5.24. The highest BCUT2D eigenvalue weighted by Gasteiger charge is 2.29. The minimum absolute atomic E-state index is 0.0985. The number of aliphatic hydroxyl groups excluding tert-OH is 1.